The van der Waals surface area contributed by atoms with E-state index in [0.717, 1.165) is 66.1 Å². The van der Waals surface area contributed by atoms with Gasteiger partial charge < -0.3 is 8.98 Å². The van der Waals surface area contributed by atoms with Crippen molar-refractivity contribution in [3.63, 3.8) is 0 Å². The molecule has 0 saturated carbocycles. The summed E-state index contributed by atoms with van der Waals surface area (Å²) < 4.78 is 14.6. The molecule has 5 aromatic heterocycles. The summed E-state index contributed by atoms with van der Waals surface area (Å²) in [5.74, 6) is 1.83. The zero-order valence-electron chi connectivity index (χ0n) is 35.0. The van der Waals surface area contributed by atoms with Gasteiger partial charge in [0.25, 0.3) is 0 Å². The molecule has 0 fully saturated rings. The van der Waals surface area contributed by atoms with Gasteiger partial charge in [-0.3, -0.25) is 0 Å². The Hall–Kier alpha value is -8.23. The fourth-order valence-corrected chi connectivity index (χ4v) is 12.6. The lowest BCUT2D eigenvalue weighted by Crippen LogP contribution is -2.01. The number of fused-ring (bicyclic) bond motifs is 15. The van der Waals surface area contributed by atoms with Crippen LogP contribution in [0, 0.1) is 0 Å². The summed E-state index contributed by atoms with van der Waals surface area (Å²) in [6.07, 6.45) is 0. The lowest BCUT2D eigenvalue weighted by Gasteiger charge is -2.13. The average molecular weight is 877 g/mol. The van der Waals surface area contributed by atoms with Crippen LogP contribution >= 0.6 is 22.7 Å². The monoisotopic (exact) mass is 876 g/mol. The number of hydrogen-bond donors (Lipinski definition) is 0. The average Bonchev–Trinajstić information content (AvgIpc) is 4.14. The Labute approximate surface area is 384 Å². The van der Waals surface area contributed by atoms with Crippen molar-refractivity contribution in [1.82, 2.24) is 19.5 Å². The first-order valence-electron chi connectivity index (χ1n) is 22.1. The number of thiophene rings is 2. The van der Waals surface area contributed by atoms with Crippen LogP contribution in [0.1, 0.15) is 0 Å². The number of benzene rings is 10. The van der Waals surface area contributed by atoms with E-state index in [1.807, 2.05) is 0 Å². The van der Waals surface area contributed by atoms with Gasteiger partial charge in [-0.15, -0.1) is 22.7 Å². The molecule has 306 valence electrons. The lowest BCUT2D eigenvalue weighted by molar-refractivity contribution is 0.670. The van der Waals surface area contributed by atoms with E-state index in [9.17, 15) is 0 Å². The second-order valence-electron chi connectivity index (χ2n) is 17.1. The Morgan fingerprint density at radius 1 is 0.348 bits per heavy atom. The first-order chi connectivity index (χ1) is 32.7. The van der Waals surface area contributed by atoms with Gasteiger partial charge in [-0.05, 0) is 76.8 Å². The van der Waals surface area contributed by atoms with E-state index in [2.05, 4.69) is 199 Å². The molecule has 0 bridgehead atoms. The highest BCUT2D eigenvalue weighted by Crippen LogP contribution is 2.45. The van der Waals surface area contributed by atoms with Crippen LogP contribution in [0.2, 0.25) is 0 Å². The van der Waals surface area contributed by atoms with E-state index in [4.69, 9.17) is 19.4 Å². The SMILES string of the molecule is c1ccc2cc3c(cc2c1)c1ccccc1n3-c1ccc(-c2nc(-c3ccc4c(c3)sc3ccccc34)nc(-c3ccc4c(c3)sc3ccccc34)n2)c2c1oc1c3ccccc3ccc12. The second kappa shape index (κ2) is 13.6. The molecule has 0 amide bonds. The van der Waals surface area contributed by atoms with Gasteiger partial charge in [-0.2, -0.15) is 0 Å². The van der Waals surface area contributed by atoms with Gasteiger partial charge in [0.05, 0.1) is 16.7 Å². The molecule has 0 unspecified atom stereocenters. The molecular formula is C59H32N4OS2. The molecule has 10 aromatic carbocycles. The molecule has 0 N–H and O–H groups in total. The summed E-state index contributed by atoms with van der Waals surface area (Å²) in [5, 5.41) is 13.9. The Morgan fingerprint density at radius 3 is 1.59 bits per heavy atom. The number of aromatic nitrogens is 4. The molecular weight excluding hydrogens is 845 g/mol. The maximum Gasteiger partial charge on any atom is 0.164 e. The van der Waals surface area contributed by atoms with Gasteiger partial charge in [0, 0.05) is 84.0 Å². The predicted molar refractivity (Wildman–Crippen MR) is 279 cm³/mol. The van der Waals surface area contributed by atoms with Crippen LogP contribution in [0.15, 0.2) is 199 Å². The topological polar surface area (TPSA) is 56.7 Å². The fraction of sp³-hybridized carbons (Fsp3) is 0. The fourth-order valence-electron chi connectivity index (χ4n) is 10.4. The Morgan fingerprint density at radius 2 is 0.894 bits per heavy atom. The quantitative estimate of drug-likeness (QED) is 0.177. The summed E-state index contributed by atoms with van der Waals surface area (Å²) in [6, 6.07) is 69.6. The van der Waals surface area contributed by atoms with Crippen molar-refractivity contribution < 1.29 is 4.42 Å². The van der Waals surface area contributed by atoms with E-state index < -0.39 is 0 Å². The number of furan rings is 1. The predicted octanol–water partition coefficient (Wildman–Crippen LogP) is 16.9. The number of nitrogens with zero attached hydrogens (tertiary/aromatic N) is 4. The summed E-state index contributed by atoms with van der Waals surface area (Å²) in [6.45, 7) is 0. The van der Waals surface area contributed by atoms with E-state index in [-0.39, 0.29) is 0 Å². The molecule has 15 rings (SSSR count). The minimum absolute atomic E-state index is 0.587. The summed E-state index contributed by atoms with van der Waals surface area (Å²) in [4.78, 5) is 16.1. The van der Waals surface area contributed by atoms with Gasteiger partial charge in [0.1, 0.15) is 5.58 Å². The van der Waals surface area contributed by atoms with Crippen molar-refractivity contribution in [2.24, 2.45) is 0 Å². The van der Waals surface area contributed by atoms with Crippen molar-refractivity contribution in [2.75, 3.05) is 0 Å². The summed E-state index contributed by atoms with van der Waals surface area (Å²) in [7, 11) is 0. The zero-order chi connectivity index (χ0) is 43.0. The summed E-state index contributed by atoms with van der Waals surface area (Å²) >= 11 is 3.60. The molecule has 15 aromatic rings. The highest BCUT2D eigenvalue weighted by Gasteiger charge is 2.24. The molecule has 5 heterocycles. The molecule has 7 heteroatoms. The lowest BCUT2D eigenvalue weighted by atomic mass is 10.0. The molecule has 0 saturated heterocycles. The maximum atomic E-state index is 7.26. The Balaban J connectivity index is 1.03. The van der Waals surface area contributed by atoms with Crippen LogP contribution in [0.25, 0.3) is 145 Å². The van der Waals surface area contributed by atoms with Gasteiger partial charge in [0.15, 0.2) is 23.1 Å². The van der Waals surface area contributed by atoms with Crippen LogP contribution in [-0.2, 0) is 0 Å². The van der Waals surface area contributed by atoms with E-state index >= 15 is 0 Å². The third-order valence-corrected chi connectivity index (χ3v) is 15.7. The van der Waals surface area contributed by atoms with Crippen LogP contribution in [0.5, 0.6) is 0 Å². The van der Waals surface area contributed by atoms with Gasteiger partial charge in [-0.25, -0.2) is 15.0 Å². The van der Waals surface area contributed by atoms with Crippen molar-refractivity contribution in [3.8, 4) is 39.9 Å². The standard InChI is InChI=1S/C59H32N4OS2/c1-2-13-35-30-49-46(29-34(35)12-1)39-15-5-8-18-47(39)63(49)48-28-27-45(54-44-26-21-33-11-3-4-14-38(33)55(44)64-56(48)54)59-61-57(36-22-24-42-40-16-6-9-19-50(40)65-52(42)31-36)60-58(62-59)37-23-25-43-41-17-7-10-20-51(41)66-53(43)32-37/h1-32H. The van der Waals surface area contributed by atoms with E-state index in [0.29, 0.717) is 17.5 Å². The van der Waals surface area contributed by atoms with Crippen LogP contribution in [0.3, 0.4) is 0 Å². The molecule has 0 radical (unpaired) electrons. The Kier molecular flexibility index (Phi) is 7.47. The number of para-hydroxylation sites is 1. The van der Waals surface area contributed by atoms with Crippen LogP contribution in [0.4, 0.5) is 0 Å². The first-order valence-corrected chi connectivity index (χ1v) is 23.7. The molecule has 0 atom stereocenters. The van der Waals surface area contributed by atoms with Crippen molar-refractivity contribution in [3.05, 3.63) is 194 Å². The summed E-state index contributed by atoms with van der Waals surface area (Å²) in [5.41, 5.74) is 7.55. The maximum absolute atomic E-state index is 7.26. The first kappa shape index (κ1) is 36.1. The zero-order valence-corrected chi connectivity index (χ0v) is 36.6. The van der Waals surface area contributed by atoms with E-state index in [1.165, 1.54) is 61.9 Å². The smallest absolute Gasteiger partial charge is 0.164 e. The molecule has 66 heavy (non-hydrogen) atoms. The molecule has 0 aliphatic heterocycles. The highest BCUT2D eigenvalue weighted by atomic mass is 32.1. The molecule has 5 nitrogen and oxygen atoms in total. The van der Waals surface area contributed by atoms with E-state index in [1.54, 1.807) is 22.7 Å². The molecule has 0 aliphatic carbocycles. The van der Waals surface area contributed by atoms with Gasteiger partial charge in [0.2, 0.25) is 0 Å². The molecule has 0 aliphatic rings. The number of rotatable bonds is 4. The third-order valence-electron chi connectivity index (χ3n) is 13.4. The third kappa shape index (κ3) is 5.23. The van der Waals surface area contributed by atoms with Crippen LogP contribution in [-0.4, -0.2) is 19.5 Å². The van der Waals surface area contributed by atoms with Crippen molar-refractivity contribution in [1.29, 1.82) is 0 Å². The van der Waals surface area contributed by atoms with Crippen molar-refractivity contribution >= 4 is 128 Å². The minimum Gasteiger partial charge on any atom is -0.453 e. The van der Waals surface area contributed by atoms with Gasteiger partial charge in [-0.1, -0.05) is 133 Å². The molecule has 0 spiro atoms. The second-order valence-corrected chi connectivity index (χ2v) is 19.3. The van der Waals surface area contributed by atoms with Crippen molar-refractivity contribution in [2.45, 2.75) is 0 Å². The van der Waals surface area contributed by atoms with Crippen LogP contribution < -0.4 is 0 Å². The Bertz CT molecular complexity index is 4420. The number of hydrogen-bond acceptors (Lipinski definition) is 6. The largest absolute Gasteiger partial charge is 0.453 e. The highest BCUT2D eigenvalue weighted by molar-refractivity contribution is 7.26. The van der Waals surface area contributed by atoms with Gasteiger partial charge >= 0.3 is 0 Å². The normalized spacial score (nSPS) is 12.2. The minimum atomic E-state index is 0.587.